The number of hydrogen-bond acceptors (Lipinski definition) is 2. The first-order chi connectivity index (χ1) is 8.20. The lowest BCUT2D eigenvalue weighted by Gasteiger charge is -2.45. The minimum atomic E-state index is 0.391. The van der Waals surface area contributed by atoms with Gasteiger partial charge in [-0.1, -0.05) is 25.7 Å². The molecule has 17 heavy (non-hydrogen) atoms. The highest BCUT2D eigenvalue weighted by Gasteiger charge is 2.32. The first-order valence-electron chi connectivity index (χ1n) is 7.68. The minimum absolute atomic E-state index is 0.391. The van der Waals surface area contributed by atoms with Crippen LogP contribution in [0.3, 0.4) is 0 Å². The number of rotatable bonds is 1. The fourth-order valence-corrected chi connectivity index (χ4v) is 3.59. The smallest absolute Gasteiger partial charge is 0.0168 e. The molecule has 0 aromatic rings. The van der Waals surface area contributed by atoms with Gasteiger partial charge in [0.2, 0.25) is 0 Å². The van der Waals surface area contributed by atoms with E-state index in [1.165, 1.54) is 71.0 Å². The summed E-state index contributed by atoms with van der Waals surface area (Å²) in [4.78, 5) is 2.85. The topological polar surface area (TPSA) is 15.3 Å². The molecule has 1 heterocycles. The summed E-state index contributed by atoms with van der Waals surface area (Å²) >= 11 is 0. The van der Waals surface area contributed by atoms with Crippen LogP contribution in [0.25, 0.3) is 0 Å². The first-order valence-corrected chi connectivity index (χ1v) is 7.68. The van der Waals surface area contributed by atoms with Crippen molar-refractivity contribution in [3.63, 3.8) is 0 Å². The zero-order chi connectivity index (χ0) is 12.1. The molecule has 0 bridgehead atoms. The molecule has 0 radical (unpaired) electrons. The molecule has 100 valence electrons. The van der Waals surface area contributed by atoms with Crippen LogP contribution in [0.4, 0.5) is 0 Å². The highest BCUT2D eigenvalue weighted by atomic mass is 15.2. The van der Waals surface area contributed by atoms with E-state index in [2.05, 4.69) is 24.1 Å². The Morgan fingerprint density at radius 2 is 1.65 bits per heavy atom. The number of hydrogen-bond donors (Lipinski definition) is 1. The molecular weight excluding hydrogens is 208 g/mol. The van der Waals surface area contributed by atoms with Crippen molar-refractivity contribution in [3.05, 3.63) is 0 Å². The Morgan fingerprint density at radius 3 is 2.35 bits per heavy atom. The van der Waals surface area contributed by atoms with Gasteiger partial charge in [0.1, 0.15) is 0 Å². The van der Waals surface area contributed by atoms with E-state index in [0.29, 0.717) is 5.54 Å². The Hall–Kier alpha value is -0.0800. The van der Waals surface area contributed by atoms with Crippen molar-refractivity contribution in [1.82, 2.24) is 10.2 Å². The van der Waals surface area contributed by atoms with Gasteiger partial charge in [0, 0.05) is 18.1 Å². The summed E-state index contributed by atoms with van der Waals surface area (Å²) < 4.78 is 0. The lowest BCUT2D eigenvalue weighted by atomic mass is 9.92. The van der Waals surface area contributed by atoms with Crippen LogP contribution < -0.4 is 5.32 Å². The highest BCUT2D eigenvalue weighted by Crippen LogP contribution is 2.30. The molecule has 2 nitrogen and oxygen atoms in total. The maximum atomic E-state index is 3.55. The third-order valence-corrected chi connectivity index (χ3v) is 4.71. The molecule has 2 fully saturated rings. The molecule has 1 N–H and O–H groups in total. The van der Waals surface area contributed by atoms with Gasteiger partial charge in [0.25, 0.3) is 0 Å². The fourth-order valence-electron chi connectivity index (χ4n) is 3.59. The van der Waals surface area contributed by atoms with Gasteiger partial charge in [0.05, 0.1) is 0 Å². The SMILES string of the molecule is CC1(C)CCNCCCN1C1CCCCCC1. The van der Waals surface area contributed by atoms with Crippen LogP contribution in [-0.2, 0) is 0 Å². The van der Waals surface area contributed by atoms with Crippen LogP contribution in [0.15, 0.2) is 0 Å². The van der Waals surface area contributed by atoms with Crippen molar-refractivity contribution in [2.45, 2.75) is 76.8 Å². The Labute approximate surface area is 107 Å². The third kappa shape index (κ3) is 3.69. The van der Waals surface area contributed by atoms with Gasteiger partial charge >= 0.3 is 0 Å². The predicted molar refractivity (Wildman–Crippen MR) is 74.4 cm³/mol. The molecule has 0 aromatic heterocycles. The van der Waals surface area contributed by atoms with E-state index in [4.69, 9.17) is 0 Å². The van der Waals surface area contributed by atoms with E-state index in [1.807, 2.05) is 0 Å². The van der Waals surface area contributed by atoms with Crippen molar-refractivity contribution >= 4 is 0 Å². The first kappa shape index (κ1) is 13.4. The maximum Gasteiger partial charge on any atom is 0.0168 e. The van der Waals surface area contributed by atoms with E-state index in [1.54, 1.807) is 0 Å². The van der Waals surface area contributed by atoms with Gasteiger partial charge in [-0.15, -0.1) is 0 Å². The Balaban J connectivity index is 2.02. The number of nitrogens with one attached hydrogen (secondary N) is 1. The van der Waals surface area contributed by atoms with Crippen molar-refractivity contribution < 1.29 is 0 Å². The quantitative estimate of drug-likeness (QED) is 0.706. The molecule has 2 aliphatic rings. The fraction of sp³-hybridized carbons (Fsp3) is 1.00. The molecule has 1 saturated heterocycles. The van der Waals surface area contributed by atoms with E-state index in [-0.39, 0.29) is 0 Å². The lowest BCUT2D eigenvalue weighted by molar-refractivity contribution is 0.0463. The normalized spacial score (nSPS) is 29.3. The van der Waals surface area contributed by atoms with Gasteiger partial charge in [-0.3, -0.25) is 4.90 Å². The van der Waals surface area contributed by atoms with Gasteiger partial charge < -0.3 is 5.32 Å². The van der Waals surface area contributed by atoms with Crippen molar-refractivity contribution in [3.8, 4) is 0 Å². The zero-order valence-corrected chi connectivity index (χ0v) is 11.8. The number of nitrogens with zero attached hydrogens (tertiary/aromatic N) is 1. The van der Waals surface area contributed by atoms with Gasteiger partial charge in [0.15, 0.2) is 0 Å². The average Bonchev–Trinajstić information content (AvgIpc) is 2.53. The molecule has 2 heteroatoms. The molecule has 1 aliphatic carbocycles. The Morgan fingerprint density at radius 1 is 0.941 bits per heavy atom. The highest BCUT2D eigenvalue weighted by molar-refractivity contribution is 4.89. The molecule has 0 spiro atoms. The van der Waals surface area contributed by atoms with Crippen molar-refractivity contribution in [1.29, 1.82) is 0 Å². The second kappa shape index (κ2) is 6.19. The summed E-state index contributed by atoms with van der Waals surface area (Å²) in [6, 6.07) is 0.866. The summed E-state index contributed by atoms with van der Waals surface area (Å²) in [5.41, 5.74) is 0.391. The van der Waals surface area contributed by atoms with Crippen LogP contribution >= 0.6 is 0 Å². The van der Waals surface area contributed by atoms with E-state index >= 15 is 0 Å². The molecule has 0 unspecified atom stereocenters. The standard InChI is InChI=1S/C15H30N2/c1-15(2)10-12-16-11-7-13-17(15)14-8-5-3-4-6-9-14/h14,16H,3-13H2,1-2H3. The molecule has 1 aliphatic heterocycles. The predicted octanol–water partition coefficient (Wildman–Crippen LogP) is 3.17. The van der Waals surface area contributed by atoms with Crippen LogP contribution in [0.2, 0.25) is 0 Å². The third-order valence-electron chi connectivity index (χ3n) is 4.71. The van der Waals surface area contributed by atoms with Gasteiger partial charge in [-0.05, 0) is 52.6 Å². The van der Waals surface area contributed by atoms with E-state index < -0.39 is 0 Å². The van der Waals surface area contributed by atoms with Crippen LogP contribution in [-0.4, -0.2) is 36.1 Å². The molecular formula is C15H30N2. The molecule has 0 aromatic carbocycles. The summed E-state index contributed by atoms with van der Waals surface area (Å²) in [5, 5.41) is 3.55. The zero-order valence-electron chi connectivity index (χ0n) is 11.8. The van der Waals surface area contributed by atoms with E-state index in [9.17, 15) is 0 Å². The van der Waals surface area contributed by atoms with Crippen molar-refractivity contribution in [2.24, 2.45) is 0 Å². The second-order valence-corrected chi connectivity index (χ2v) is 6.50. The summed E-state index contributed by atoms with van der Waals surface area (Å²) in [5.74, 6) is 0. The second-order valence-electron chi connectivity index (χ2n) is 6.50. The largest absolute Gasteiger partial charge is 0.317 e. The van der Waals surface area contributed by atoms with Crippen LogP contribution in [0.5, 0.6) is 0 Å². The van der Waals surface area contributed by atoms with Crippen molar-refractivity contribution in [2.75, 3.05) is 19.6 Å². The average molecular weight is 238 g/mol. The maximum absolute atomic E-state index is 3.55. The van der Waals surface area contributed by atoms with Gasteiger partial charge in [-0.25, -0.2) is 0 Å². The lowest BCUT2D eigenvalue weighted by Crippen LogP contribution is -2.53. The van der Waals surface area contributed by atoms with Gasteiger partial charge in [-0.2, -0.15) is 0 Å². The minimum Gasteiger partial charge on any atom is -0.317 e. The summed E-state index contributed by atoms with van der Waals surface area (Å²) in [7, 11) is 0. The Kier molecular flexibility index (Phi) is 4.87. The molecule has 0 atom stereocenters. The van der Waals surface area contributed by atoms with Crippen LogP contribution in [0, 0.1) is 0 Å². The molecule has 1 saturated carbocycles. The molecule has 2 rings (SSSR count). The summed E-state index contributed by atoms with van der Waals surface area (Å²) in [6.45, 7) is 8.59. The monoisotopic (exact) mass is 238 g/mol. The molecule has 0 amide bonds. The Bertz CT molecular complexity index is 217. The summed E-state index contributed by atoms with van der Waals surface area (Å²) in [6.07, 6.45) is 11.3. The van der Waals surface area contributed by atoms with E-state index in [0.717, 1.165) is 6.04 Å². The van der Waals surface area contributed by atoms with Crippen LogP contribution in [0.1, 0.15) is 65.2 Å².